The van der Waals surface area contributed by atoms with Crippen molar-refractivity contribution in [1.29, 1.82) is 0 Å². The van der Waals surface area contributed by atoms with E-state index in [9.17, 15) is 9.59 Å². The molecule has 1 fully saturated rings. The molecule has 0 bridgehead atoms. The number of nitrogens with one attached hydrogen (secondary N) is 1. The van der Waals surface area contributed by atoms with Crippen LogP contribution < -0.4 is 5.32 Å². The highest BCUT2D eigenvalue weighted by Gasteiger charge is 2.40. The zero-order chi connectivity index (χ0) is 13.2. The molecule has 96 valence electrons. The van der Waals surface area contributed by atoms with Crippen LogP contribution in [0.15, 0.2) is 18.3 Å². The van der Waals surface area contributed by atoms with Crippen molar-refractivity contribution in [1.82, 2.24) is 10.3 Å². The fraction of sp³-hybridized carbons (Fsp3) is 0.417. The number of halogens is 1. The predicted octanol–water partition coefficient (Wildman–Crippen LogP) is 1.86. The molecule has 0 unspecified atom stereocenters. The Morgan fingerprint density at radius 1 is 1.50 bits per heavy atom. The molecule has 5 nitrogen and oxygen atoms in total. The summed E-state index contributed by atoms with van der Waals surface area (Å²) in [6, 6.07) is 3.01. The van der Waals surface area contributed by atoms with Gasteiger partial charge in [0.2, 0.25) is 0 Å². The number of carbonyl (C=O) groups is 2. The number of nitrogens with zero attached hydrogens (tertiary/aromatic N) is 1. The van der Waals surface area contributed by atoms with E-state index in [4.69, 9.17) is 16.7 Å². The van der Waals surface area contributed by atoms with Crippen LogP contribution in [0.1, 0.15) is 36.0 Å². The zero-order valence-corrected chi connectivity index (χ0v) is 10.4. The Morgan fingerprint density at radius 2 is 2.22 bits per heavy atom. The minimum atomic E-state index is -0.900. The molecule has 1 saturated carbocycles. The minimum Gasteiger partial charge on any atom is -0.481 e. The first-order chi connectivity index (χ1) is 8.51. The van der Waals surface area contributed by atoms with Crippen LogP contribution in [0, 0.1) is 0 Å². The van der Waals surface area contributed by atoms with E-state index in [-0.39, 0.29) is 17.5 Å². The Labute approximate surface area is 109 Å². The largest absolute Gasteiger partial charge is 0.481 e. The highest BCUT2D eigenvalue weighted by molar-refractivity contribution is 6.29. The van der Waals surface area contributed by atoms with Crippen molar-refractivity contribution in [2.75, 3.05) is 0 Å². The number of hydrogen-bond donors (Lipinski definition) is 2. The molecular formula is C12H13ClN2O3. The number of rotatable bonds is 4. The lowest BCUT2D eigenvalue weighted by molar-refractivity contribution is -0.139. The van der Waals surface area contributed by atoms with Gasteiger partial charge in [0.15, 0.2) is 0 Å². The van der Waals surface area contributed by atoms with Crippen molar-refractivity contribution in [3.05, 3.63) is 29.0 Å². The summed E-state index contributed by atoms with van der Waals surface area (Å²) in [4.78, 5) is 26.6. The predicted molar refractivity (Wildman–Crippen MR) is 65.5 cm³/mol. The number of amides is 1. The Hall–Kier alpha value is -1.62. The average Bonchev–Trinajstić information content (AvgIpc) is 2.25. The van der Waals surface area contributed by atoms with Crippen LogP contribution in [0.3, 0.4) is 0 Å². The van der Waals surface area contributed by atoms with E-state index in [2.05, 4.69) is 10.3 Å². The molecule has 18 heavy (non-hydrogen) atoms. The van der Waals surface area contributed by atoms with Crippen molar-refractivity contribution in [3.63, 3.8) is 0 Å². The van der Waals surface area contributed by atoms with E-state index >= 15 is 0 Å². The van der Waals surface area contributed by atoms with Gasteiger partial charge in [-0.25, -0.2) is 4.98 Å². The lowest BCUT2D eigenvalue weighted by atomic mass is 9.74. The van der Waals surface area contributed by atoms with Crippen LogP contribution in [0.25, 0.3) is 0 Å². The fourth-order valence-corrected chi connectivity index (χ4v) is 2.27. The van der Waals surface area contributed by atoms with Gasteiger partial charge in [-0.05, 0) is 31.4 Å². The van der Waals surface area contributed by atoms with Crippen molar-refractivity contribution in [2.24, 2.45) is 0 Å². The summed E-state index contributed by atoms with van der Waals surface area (Å²) in [6.45, 7) is 0. The van der Waals surface area contributed by atoms with E-state index in [1.54, 1.807) is 6.07 Å². The molecule has 1 aromatic heterocycles. The lowest BCUT2D eigenvalue weighted by Gasteiger charge is -2.41. The van der Waals surface area contributed by atoms with Crippen molar-refractivity contribution < 1.29 is 14.7 Å². The average molecular weight is 269 g/mol. The Kier molecular flexibility index (Phi) is 3.52. The van der Waals surface area contributed by atoms with Crippen LogP contribution in [0.2, 0.25) is 5.15 Å². The smallest absolute Gasteiger partial charge is 0.305 e. The molecule has 2 rings (SSSR count). The number of aromatic nitrogens is 1. The lowest BCUT2D eigenvalue weighted by Crippen LogP contribution is -2.54. The maximum Gasteiger partial charge on any atom is 0.305 e. The van der Waals surface area contributed by atoms with Crippen LogP contribution in [-0.4, -0.2) is 27.5 Å². The van der Waals surface area contributed by atoms with E-state index in [0.29, 0.717) is 18.4 Å². The van der Waals surface area contributed by atoms with Gasteiger partial charge in [-0.1, -0.05) is 11.6 Å². The number of carboxylic acid groups (broad SMARTS) is 1. The molecule has 1 aromatic rings. The maximum atomic E-state index is 12.0. The normalized spacial score (nSPS) is 16.7. The minimum absolute atomic E-state index is 0.0441. The third kappa shape index (κ3) is 2.79. The molecular weight excluding hydrogens is 256 g/mol. The fourth-order valence-electron chi connectivity index (χ4n) is 2.10. The second kappa shape index (κ2) is 4.94. The molecule has 0 radical (unpaired) electrons. The summed E-state index contributed by atoms with van der Waals surface area (Å²) < 4.78 is 0. The van der Waals surface area contributed by atoms with Gasteiger partial charge < -0.3 is 10.4 Å². The molecule has 0 saturated heterocycles. The quantitative estimate of drug-likeness (QED) is 0.817. The van der Waals surface area contributed by atoms with Gasteiger partial charge in [0.25, 0.3) is 5.91 Å². The summed E-state index contributed by atoms with van der Waals surface area (Å²) in [5.74, 6) is -1.21. The van der Waals surface area contributed by atoms with Crippen molar-refractivity contribution >= 4 is 23.5 Å². The first-order valence-corrected chi connectivity index (χ1v) is 6.04. The maximum absolute atomic E-state index is 12.0. The van der Waals surface area contributed by atoms with Crippen LogP contribution in [0.4, 0.5) is 0 Å². The van der Waals surface area contributed by atoms with Gasteiger partial charge in [-0.3, -0.25) is 9.59 Å². The molecule has 0 aliphatic heterocycles. The summed E-state index contributed by atoms with van der Waals surface area (Å²) >= 11 is 5.71. The number of carboxylic acids is 1. The number of aliphatic carboxylic acids is 1. The van der Waals surface area contributed by atoms with Gasteiger partial charge in [0.1, 0.15) is 5.15 Å². The highest BCUT2D eigenvalue weighted by atomic mass is 35.5. The number of pyridine rings is 1. The molecule has 1 aliphatic rings. The molecule has 2 N–H and O–H groups in total. The van der Waals surface area contributed by atoms with Crippen LogP contribution in [-0.2, 0) is 4.79 Å². The van der Waals surface area contributed by atoms with Crippen molar-refractivity contribution in [3.8, 4) is 0 Å². The second-order valence-corrected chi connectivity index (χ2v) is 4.91. The molecule has 1 amide bonds. The van der Waals surface area contributed by atoms with Gasteiger partial charge >= 0.3 is 5.97 Å². The third-order valence-electron chi connectivity index (χ3n) is 3.17. The topological polar surface area (TPSA) is 79.3 Å². The third-order valence-corrected chi connectivity index (χ3v) is 3.37. The summed E-state index contributed by atoms with van der Waals surface area (Å²) in [6.07, 6.45) is 3.73. The first kappa shape index (κ1) is 12.8. The molecule has 0 aromatic carbocycles. The first-order valence-electron chi connectivity index (χ1n) is 5.67. The number of hydrogen-bond acceptors (Lipinski definition) is 3. The van der Waals surface area contributed by atoms with Crippen molar-refractivity contribution in [2.45, 2.75) is 31.2 Å². The number of carbonyl (C=O) groups excluding carboxylic acids is 1. The van der Waals surface area contributed by atoms with E-state index < -0.39 is 11.5 Å². The molecule has 1 aliphatic carbocycles. The SMILES string of the molecule is O=C(O)CC1(NC(=O)c2ccnc(Cl)c2)CCC1. The van der Waals surface area contributed by atoms with Gasteiger partial charge in [0, 0.05) is 11.8 Å². The highest BCUT2D eigenvalue weighted by Crippen LogP contribution is 2.35. The summed E-state index contributed by atoms with van der Waals surface area (Å²) in [5, 5.41) is 11.9. The molecule has 0 spiro atoms. The van der Waals surface area contributed by atoms with E-state index in [1.807, 2.05) is 0 Å². The summed E-state index contributed by atoms with van der Waals surface area (Å²) in [7, 11) is 0. The van der Waals surface area contributed by atoms with E-state index in [1.165, 1.54) is 12.3 Å². The monoisotopic (exact) mass is 268 g/mol. The van der Waals surface area contributed by atoms with Gasteiger partial charge in [0.05, 0.1) is 12.0 Å². The van der Waals surface area contributed by atoms with Gasteiger partial charge in [-0.2, -0.15) is 0 Å². The Morgan fingerprint density at radius 3 is 2.72 bits per heavy atom. The molecule has 0 atom stereocenters. The van der Waals surface area contributed by atoms with Gasteiger partial charge in [-0.15, -0.1) is 0 Å². The second-order valence-electron chi connectivity index (χ2n) is 4.53. The van der Waals surface area contributed by atoms with Crippen LogP contribution in [0.5, 0.6) is 0 Å². The van der Waals surface area contributed by atoms with Crippen LogP contribution >= 0.6 is 11.6 Å². The molecule has 6 heteroatoms. The summed E-state index contributed by atoms with van der Waals surface area (Å²) in [5.41, 5.74) is -0.203. The Bertz CT molecular complexity index is 486. The molecule has 1 heterocycles. The zero-order valence-electron chi connectivity index (χ0n) is 9.65. The standard InChI is InChI=1S/C12H13ClN2O3/c13-9-6-8(2-5-14-9)11(18)15-12(3-1-4-12)7-10(16)17/h2,5-6H,1,3-4,7H2,(H,15,18)(H,16,17). The Balaban J connectivity index is 2.08. The van der Waals surface area contributed by atoms with E-state index in [0.717, 1.165) is 6.42 Å².